The Morgan fingerprint density at radius 1 is 1.24 bits per heavy atom. The minimum atomic E-state index is -1.11. The summed E-state index contributed by atoms with van der Waals surface area (Å²) in [5.74, 6) is -2.05. The van der Waals surface area contributed by atoms with Crippen molar-refractivity contribution >= 4 is 17.7 Å². The minimum Gasteiger partial charge on any atom is -0.494 e. The van der Waals surface area contributed by atoms with E-state index in [4.69, 9.17) is 9.84 Å². The molecule has 0 aliphatic rings. The summed E-state index contributed by atoms with van der Waals surface area (Å²) >= 11 is 0. The van der Waals surface area contributed by atoms with Crippen LogP contribution < -0.4 is 10.1 Å². The first-order chi connectivity index (χ1) is 10.0. The zero-order valence-electron chi connectivity index (χ0n) is 11.0. The number of pyridine rings is 1. The maximum absolute atomic E-state index is 13.3. The maximum Gasteiger partial charge on any atom is 0.337 e. The van der Waals surface area contributed by atoms with Crippen molar-refractivity contribution in [2.75, 3.05) is 12.4 Å². The second-order valence-corrected chi connectivity index (χ2v) is 4.04. The number of rotatable bonds is 4. The first-order valence-electron chi connectivity index (χ1n) is 5.85. The smallest absolute Gasteiger partial charge is 0.337 e. The van der Waals surface area contributed by atoms with Gasteiger partial charge in [0.15, 0.2) is 11.6 Å². The number of benzene rings is 1. The number of hydrogen-bond acceptors (Lipinski definition) is 4. The Bertz CT molecular complexity index is 686. The molecular formula is C14H11FN2O4. The fourth-order valence-corrected chi connectivity index (χ4v) is 1.58. The van der Waals surface area contributed by atoms with Crippen LogP contribution in [-0.4, -0.2) is 29.1 Å². The number of ether oxygens (including phenoxy) is 1. The fraction of sp³-hybridized carbons (Fsp3) is 0.0714. The van der Waals surface area contributed by atoms with Crippen LogP contribution in [0.4, 0.5) is 10.2 Å². The summed E-state index contributed by atoms with van der Waals surface area (Å²) in [6, 6.07) is 6.36. The van der Waals surface area contributed by atoms with Gasteiger partial charge in [0.2, 0.25) is 0 Å². The number of amides is 1. The Hall–Kier alpha value is -2.96. The molecule has 0 saturated carbocycles. The van der Waals surface area contributed by atoms with Gasteiger partial charge in [-0.15, -0.1) is 0 Å². The van der Waals surface area contributed by atoms with E-state index in [0.717, 1.165) is 12.3 Å². The molecule has 0 fully saturated rings. The van der Waals surface area contributed by atoms with Gasteiger partial charge in [-0.2, -0.15) is 0 Å². The summed E-state index contributed by atoms with van der Waals surface area (Å²) in [5, 5.41) is 11.2. The predicted molar refractivity (Wildman–Crippen MR) is 72.1 cm³/mol. The molecule has 0 radical (unpaired) electrons. The third-order valence-corrected chi connectivity index (χ3v) is 2.67. The SMILES string of the molecule is COc1cc(C(=O)Nc2ccc(C(=O)O)cn2)ccc1F. The van der Waals surface area contributed by atoms with Crippen LogP contribution in [-0.2, 0) is 0 Å². The molecule has 0 atom stereocenters. The lowest BCUT2D eigenvalue weighted by atomic mass is 10.2. The monoisotopic (exact) mass is 290 g/mol. The average molecular weight is 290 g/mol. The number of halogens is 1. The third-order valence-electron chi connectivity index (χ3n) is 2.67. The van der Waals surface area contributed by atoms with Crippen molar-refractivity contribution in [3.8, 4) is 5.75 Å². The van der Waals surface area contributed by atoms with E-state index in [9.17, 15) is 14.0 Å². The van der Waals surface area contributed by atoms with Crippen LogP contribution in [0.2, 0.25) is 0 Å². The highest BCUT2D eigenvalue weighted by Crippen LogP contribution is 2.19. The van der Waals surface area contributed by atoms with Gasteiger partial charge in [0.1, 0.15) is 5.82 Å². The molecule has 0 aliphatic heterocycles. The topological polar surface area (TPSA) is 88.5 Å². The van der Waals surface area contributed by atoms with Crippen molar-refractivity contribution in [3.63, 3.8) is 0 Å². The first kappa shape index (κ1) is 14.4. The summed E-state index contributed by atoms with van der Waals surface area (Å²) in [6.07, 6.45) is 1.13. The van der Waals surface area contributed by atoms with Crippen molar-refractivity contribution in [1.29, 1.82) is 0 Å². The zero-order chi connectivity index (χ0) is 15.4. The molecule has 7 heteroatoms. The van der Waals surface area contributed by atoms with Gasteiger partial charge in [-0.1, -0.05) is 0 Å². The third kappa shape index (κ3) is 3.33. The number of carboxylic acid groups (broad SMARTS) is 1. The lowest BCUT2D eigenvalue weighted by Crippen LogP contribution is -2.13. The van der Waals surface area contributed by atoms with Gasteiger partial charge in [-0.25, -0.2) is 14.2 Å². The van der Waals surface area contributed by atoms with Gasteiger partial charge in [-0.05, 0) is 30.3 Å². The van der Waals surface area contributed by atoms with E-state index in [1.54, 1.807) is 0 Å². The Kier molecular flexibility index (Phi) is 4.13. The van der Waals surface area contributed by atoms with Gasteiger partial charge in [0.25, 0.3) is 5.91 Å². The van der Waals surface area contributed by atoms with Gasteiger partial charge in [0, 0.05) is 11.8 Å². The summed E-state index contributed by atoms with van der Waals surface area (Å²) < 4.78 is 18.0. The molecule has 1 aromatic heterocycles. The van der Waals surface area contributed by atoms with Gasteiger partial charge >= 0.3 is 5.97 Å². The van der Waals surface area contributed by atoms with Crippen molar-refractivity contribution in [2.45, 2.75) is 0 Å². The number of nitrogens with one attached hydrogen (secondary N) is 1. The molecule has 2 rings (SSSR count). The van der Waals surface area contributed by atoms with Crippen molar-refractivity contribution in [1.82, 2.24) is 4.98 Å². The number of aromatic nitrogens is 1. The molecule has 0 bridgehead atoms. The fourth-order valence-electron chi connectivity index (χ4n) is 1.58. The van der Waals surface area contributed by atoms with Crippen molar-refractivity contribution in [3.05, 3.63) is 53.5 Å². The Morgan fingerprint density at radius 3 is 2.52 bits per heavy atom. The summed E-state index contributed by atoms with van der Waals surface area (Å²) in [6.45, 7) is 0. The number of carboxylic acids is 1. The molecule has 6 nitrogen and oxygen atoms in total. The standard InChI is InChI=1S/C14H11FN2O4/c1-21-11-6-8(2-4-10(11)15)13(18)17-12-5-3-9(7-16-12)14(19)20/h2-7H,1H3,(H,19,20)(H,16,17,18). The molecule has 1 amide bonds. The second-order valence-electron chi connectivity index (χ2n) is 4.04. The van der Waals surface area contributed by atoms with Crippen molar-refractivity contribution in [2.24, 2.45) is 0 Å². The molecule has 0 unspecified atom stereocenters. The van der Waals surface area contributed by atoms with Crippen molar-refractivity contribution < 1.29 is 23.8 Å². The Morgan fingerprint density at radius 2 is 1.95 bits per heavy atom. The maximum atomic E-state index is 13.3. The number of carbonyl (C=O) groups excluding carboxylic acids is 1. The summed E-state index contributed by atoms with van der Waals surface area (Å²) in [4.78, 5) is 26.5. The molecule has 1 aromatic carbocycles. The van der Waals surface area contributed by atoms with E-state index in [1.165, 1.54) is 31.4 Å². The van der Waals surface area contributed by atoms with Crippen LogP contribution in [0.3, 0.4) is 0 Å². The van der Waals surface area contributed by atoms with E-state index >= 15 is 0 Å². The predicted octanol–water partition coefficient (Wildman–Crippen LogP) is 2.18. The number of nitrogens with zero attached hydrogens (tertiary/aromatic N) is 1. The largest absolute Gasteiger partial charge is 0.494 e. The molecule has 1 heterocycles. The lowest BCUT2D eigenvalue weighted by Gasteiger charge is -2.07. The molecule has 21 heavy (non-hydrogen) atoms. The second kappa shape index (κ2) is 6.00. The molecule has 0 saturated heterocycles. The normalized spacial score (nSPS) is 10.0. The average Bonchev–Trinajstić information content (AvgIpc) is 2.48. The Balaban J connectivity index is 2.15. The molecule has 108 valence electrons. The lowest BCUT2D eigenvalue weighted by molar-refractivity contribution is 0.0696. The number of anilines is 1. The van der Waals surface area contributed by atoms with Crippen LogP contribution in [0.5, 0.6) is 5.75 Å². The van der Waals surface area contributed by atoms with Crippen LogP contribution in [0.15, 0.2) is 36.5 Å². The zero-order valence-corrected chi connectivity index (χ0v) is 11.0. The molecule has 2 N–H and O–H groups in total. The van der Waals surface area contributed by atoms with Gasteiger partial charge < -0.3 is 15.2 Å². The summed E-state index contributed by atoms with van der Waals surface area (Å²) in [7, 11) is 1.30. The van der Waals surface area contributed by atoms with Gasteiger partial charge in [0.05, 0.1) is 12.7 Å². The van der Waals surface area contributed by atoms with E-state index in [2.05, 4.69) is 10.3 Å². The highest BCUT2D eigenvalue weighted by Gasteiger charge is 2.11. The van der Waals surface area contributed by atoms with Crippen LogP contribution in [0, 0.1) is 5.82 Å². The van der Waals surface area contributed by atoms with E-state index < -0.39 is 17.7 Å². The molecule has 0 aliphatic carbocycles. The van der Waals surface area contributed by atoms with Crippen LogP contribution >= 0.6 is 0 Å². The Labute approximate surface area is 119 Å². The first-order valence-corrected chi connectivity index (χ1v) is 5.85. The van der Waals surface area contributed by atoms with E-state index in [0.29, 0.717) is 0 Å². The van der Waals surface area contributed by atoms with E-state index in [-0.39, 0.29) is 22.7 Å². The highest BCUT2D eigenvalue weighted by atomic mass is 19.1. The quantitative estimate of drug-likeness (QED) is 0.901. The number of aromatic carboxylic acids is 1. The molecule has 2 aromatic rings. The minimum absolute atomic E-state index is 0.0106. The van der Waals surface area contributed by atoms with E-state index in [1.807, 2.05) is 0 Å². The van der Waals surface area contributed by atoms with Crippen LogP contribution in [0.1, 0.15) is 20.7 Å². The van der Waals surface area contributed by atoms with Gasteiger partial charge in [-0.3, -0.25) is 4.79 Å². The summed E-state index contributed by atoms with van der Waals surface area (Å²) in [5.41, 5.74) is 0.203. The number of hydrogen-bond donors (Lipinski definition) is 2. The molecule has 0 spiro atoms. The number of carbonyl (C=O) groups is 2. The van der Waals surface area contributed by atoms with Crippen LogP contribution in [0.25, 0.3) is 0 Å². The highest BCUT2D eigenvalue weighted by molar-refractivity contribution is 6.04. The number of methoxy groups -OCH3 is 1. The molecular weight excluding hydrogens is 279 g/mol.